The summed E-state index contributed by atoms with van der Waals surface area (Å²) >= 11 is 0. The number of nitrogens with two attached hydrogens (primary N) is 1. The van der Waals surface area contributed by atoms with E-state index in [9.17, 15) is 4.79 Å². The molecule has 0 aromatic rings. The Labute approximate surface area is 66.3 Å². The maximum Gasteiger partial charge on any atom is 0.323 e. The Morgan fingerprint density at radius 2 is 2.27 bits per heavy atom. The van der Waals surface area contributed by atoms with Crippen molar-refractivity contribution in [1.82, 2.24) is 0 Å². The van der Waals surface area contributed by atoms with E-state index in [1.807, 2.05) is 6.92 Å². The molecule has 0 radical (unpaired) electrons. The van der Waals surface area contributed by atoms with Crippen LogP contribution in [0.25, 0.3) is 0 Å². The Bertz CT molecular complexity index is 127. The highest BCUT2D eigenvalue weighted by Gasteiger charge is 2.19. The van der Waals surface area contributed by atoms with E-state index < -0.39 is 18.1 Å². The van der Waals surface area contributed by atoms with Crippen LogP contribution in [0.2, 0.25) is 0 Å². The van der Waals surface area contributed by atoms with Crippen molar-refractivity contribution in [3.05, 3.63) is 0 Å². The standard InChI is InChI=1S/C7H15NO3/c1-3-4-11-5(2)6(8)7(9)10/h5-6H,3-4,8H2,1-2H3,(H,9,10). The highest BCUT2D eigenvalue weighted by molar-refractivity contribution is 5.73. The predicted octanol–water partition coefficient (Wildman–Crippen LogP) is 0.213. The number of carboxylic acids is 1. The van der Waals surface area contributed by atoms with E-state index in [2.05, 4.69) is 0 Å². The molecule has 0 spiro atoms. The van der Waals surface area contributed by atoms with Crippen LogP contribution in [0, 0.1) is 0 Å². The number of carboxylic acid groups (broad SMARTS) is 1. The van der Waals surface area contributed by atoms with Gasteiger partial charge in [0.2, 0.25) is 0 Å². The van der Waals surface area contributed by atoms with Crippen LogP contribution in [0.15, 0.2) is 0 Å². The number of aliphatic carboxylic acids is 1. The Morgan fingerprint density at radius 1 is 1.73 bits per heavy atom. The normalized spacial score (nSPS) is 15.9. The summed E-state index contributed by atoms with van der Waals surface area (Å²) in [5, 5.41) is 8.45. The largest absolute Gasteiger partial charge is 0.480 e. The fraction of sp³-hybridized carbons (Fsp3) is 0.857. The first kappa shape index (κ1) is 10.4. The summed E-state index contributed by atoms with van der Waals surface area (Å²) in [6, 6.07) is -0.915. The molecule has 0 aromatic carbocycles. The van der Waals surface area contributed by atoms with E-state index in [0.717, 1.165) is 6.42 Å². The van der Waals surface area contributed by atoms with Gasteiger partial charge in [0.15, 0.2) is 0 Å². The van der Waals surface area contributed by atoms with E-state index >= 15 is 0 Å². The molecule has 4 nitrogen and oxygen atoms in total. The summed E-state index contributed by atoms with van der Waals surface area (Å²) in [6.45, 7) is 4.18. The van der Waals surface area contributed by atoms with Gasteiger partial charge < -0.3 is 15.6 Å². The Kier molecular flexibility index (Phi) is 4.81. The summed E-state index contributed by atoms with van der Waals surface area (Å²) in [7, 11) is 0. The van der Waals surface area contributed by atoms with Crippen molar-refractivity contribution < 1.29 is 14.6 Å². The third-order valence-corrected chi connectivity index (χ3v) is 1.38. The zero-order valence-electron chi connectivity index (χ0n) is 6.91. The van der Waals surface area contributed by atoms with Crippen LogP contribution in [0.5, 0.6) is 0 Å². The second-order valence-electron chi connectivity index (χ2n) is 2.44. The van der Waals surface area contributed by atoms with Crippen molar-refractivity contribution in [2.24, 2.45) is 5.73 Å². The van der Waals surface area contributed by atoms with E-state index in [4.69, 9.17) is 15.6 Å². The van der Waals surface area contributed by atoms with E-state index in [1.54, 1.807) is 6.92 Å². The van der Waals surface area contributed by atoms with Crippen molar-refractivity contribution in [2.75, 3.05) is 6.61 Å². The third-order valence-electron chi connectivity index (χ3n) is 1.38. The average molecular weight is 161 g/mol. The summed E-state index contributed by atoms with van der Waals surface area (Å²) < 4.78 is 5.11. The molecule has 0 fully saturated rings. The van der Waals surface area contributed by atoms with E-state index in [0.29, 0.717) is 6.61 Å². The highest BCUT2D eigenvalue weighted by atomic mass is 16.5. The van der Waals surface area contributed by atoms with Gasteiger partial charge in [-0.05, 0) is 13.3 Å². The number of hydrogen-bond donors (Lipinski definition) is 2. The van der Waals surface area contributed by atoms with Crippen molar-refractivity contribution >= 4 is 5.97 Å². The number of hydrogen-bond acceptors (Lipinski definition) is 3. The molecular weight excluding hydrogens is 146 g/mol. The minimum absolute atomic E-state index is 0.410. The second-order valence-corrected chi connectivity index (χ2v) is 2.44. The van der Waals surface area contributed by atoms with Gasteiger partial charge in [-0.2, -0.15) is 0 Å². The van der Waals surface area contributed by atoms with Gasteiger partial charge in [0.1, 0.15) is 6.04 Å². The van der Waals surface area contributed by atoms with Crippen molar-refractivity contribution in [3.63, 3.8) is 0 Å². The number of ether oxygens (including phenoxy) is 1. The van der Waals surface area contributed by atoms with Crippen molar-refractivity contribution in [3.8, 4) is 0 Å². The van der Waals surface area contributed by atoms with E-state index in [-0.39, 0.29) is 0 Å². The lowest BCUT2D eigenvalue weighted by Gasteiger charge is -2.15. The summed E-state index contributed by atoms with van der Waals surface area (Å²) in [5.41, 5.74) is 5.28. The average Bonchev–Trinajstić information content (AvgIpc) is 1.98. The molecule has 0 aromatic heterocycles. The third kappa shape index (κ3) is 3.95. The van der Waals surface area contributed by atoms with Gasteiger partial charge in [-0.1, -0.05) is 6.92 Å². The fourth-order valence-corrected chi connectivity index (χ4v) is 0.608. The van der Waals surface area contributed by atoms with Gasteiger partial charge in [-0.15, -0.1) is 0 Å². The second kappa shape index (κ2) is 5.09. The molecule has 0 rings (SSSR count). The van der Waals surface area contributed by atoms with Crippen LogP contribution in [0.3, 0.4) is 0 Å². The summed E-state index contributed by atoms with van der Waals surface area (Å²) in [4.78, 5) is 10.3. The molecule has 3 N–H and O–H groups in total. The molecule has 2 unspecified atom stereocenters. The van der Waals surface area contributed by atoms with Crippen LogP contribution >= 0.6 is 0 Å². The van der Waals surface area contributed by atoms with Crippen LogP contribution in [-0.4, -0.2) is 29.8 Å². The van der Waals surface area contributed by atoms with Crippen molar-refractivity contribution in [1.29, 1.82) is 0 Å². The molecule has 0 bridgehead atoms. The van der Waals surface area contributed by atoms with E-state index in [1.165, 1.54) is 0 Å². The summed E-state index contributed by atoms with van der Waals surface area (Å²) in [6.07, 6.45) is 0.462. The minimum Gasteiger partial charge on any atom is -0.480 e. The molecule has 0 aliphatic rings. The molecule has 4 heteroatoms. The minimum atomic E-state index is -1.02. The van der Waals surface area contributed by atoms with Gasteiger partial charge in [0.25, 0.3) is 0 Å². The highest BCUT2D eigenvalue weighted by Crippen LogP contribution is 1.96. The topological polar surface area (TPSA) is 72.5 Å². The van der Waals surface area contributed by atoms with Crippen LogP contribution in [0.4, 0.5) is 0 Å². The lowest BCUT2D eigenvalue weighted by molar-refractivity contribution is -0.142. The maximum absolute atomic E-state index is 10.3. The fourth-order valence-electron chi connectivity index (χ4n) is 0.608. The van der Waals surface area contributed by atoms with Gasteiger partial charge >= 0.3 is 5.97 Å². The monoisotopic (exact) mass is 161 g/mol. The van der Waals surface area contributed by atoms with Crippen LogP contribution in [0.1, 0.15) is 20.3 Å². The molecule has 0 saturated carbocycles. The van der Waals surface area contributed by atoms with Crippen LogP contribution < -0.4 is 5.73 Å². The van der Waals surface area contributed by atoms with Gasteiger partial charge in [0.05, 0.1) is 6.10 Å². The molecule has 0 aliphatic heterocycles. The van der Waals surface area contributed by atoms with Gasteiger partial charge in [-0.3, -0.25) is 4.79 Å². The Hall–Kier alpha value is -0.610. The first-order valence-electron chi connectivity index (χ1n) is 3.69. The lowest BCUT2D eigenvalue weighted by atomic mass is 10.2. The zero-order valence-corrected chi connectivity index (χ0v) is 6.91. The quantitative estimate of drug-likeness (QED) is 0.604. The van der Waals surface area contributed by atoms with Gasteiger partial charge in [0, 0.05) is 6.61 Å². The molecule has 11 heavy (non-hydrogen) atoms. The first-order valence-corrected chi connectivity index (χ1v) is 3.69. The smallest absolute Gasteiger partial charge is 0.323 e. The molecule has 2 atom stereocenters. The first-order chi connectivity index (χ1) is 5.09. The molecule has 0 amide bonds. The molecule has 0 aliphatic carbocycles. The zero-order chi connectivity index (χ0) is 8.85. The van der Waals surface area contributed by atoms with Crippen molar-refractivity contribution in [2.45, 2.75) is 32.4 Å². The molecule has 66 valence electrons. The lowest BCUT2D eigenvalue weighted by Crippen LogP contribution is -2.41. The Balaban J connectivity index is 3.63. The van der Waals surface area contributed by atoms with Crippen LogP contribution in [-0.2, 0) is 9.53 Å². The molecular formula is C7H15NO3. The van der Waals surface area contributed by atoms with Gasteiger partial charge in [-0.25, -0.2) is 0 Å². The predicted molar refractivity (Wildman–Crippen MR) is 41.3 cm³/mol. The maximum atomic E-state index is 10.3. The number of carbonyl (C=O) groups is 1. The summed E-state index contributed by atoms with van der Waals surface area (Å²) in [5.74, 6) is -1.02. The Morgan fingerprint density at radius 3 is 2.64 bits per heavy atom. The molecule has 0 saturated heterocycles. The number of rotatable bonds is 5. The SMILES string of the molecule is CCCOC(C)C(N)C(=O)O. The molecule has 0 heterocycles.